The van der Waals surface area contributed by atoms with Gasteiger partial charge < -0.3 is 15.5 Å². The van der Waals surface area contributed by atoms with Crippen molar-refractivity contribution in [2.45, 2.75) is 37.4 Å². The second-order valence-corrected chi connectivity index (χ2v) is 6.16. The summed E-state index contributed by atoms with van der Waals surface area (Å²) >= 11 is 0. The fourth-order valence-corrected chi connectivity index (χ4v) is 3.32. The van der Waals surface area contributed by atoms with Gasteiger partial charge in [-0.1, -0.05) is 0 Å². The number of amides is 1. The zero-order valence-corrected chi connectivity index (χ0v) is 14.4. The summed E-state index contributed by atoms with van der Waals surface area (Å²) in [5, 5.41) is 24.1. The van der Waals surface area contributed by atoms with Crippen molar-refractivity contribution in [1.82, 2.24) is 10.2 Å². The van der Waals surface area contributed by atoms with Crippen molar-refractivity contribution in [3.63, 3.8) is 0 Å². The van der Waals surface area contributed by atoms with Crippen molar-refractivity contribution >= 4 is 24.0 Å². The summed E-state index contributed by atoms with van der Waals surface area (Å²) < 4.78 is 13.9. The van der Waals surface area contributed by atoms with E-state index in [4.69, 9.17) is 10.5 Å². The quantitative estimate of drug-likeness (QED) is 0.854. The molecule has 2 aliphatic heterocycles. The molecule has 2 saturated heterocycles. The smallest absolute Gasteiger partial charge is 0.240 e. The Hall–Kier alpha value is -2.35. The molecule has 2 heterocycles. The maximum absolute atomic E-state index is 13.9. The molecular weight excluding hydrogens is 345 g/mol. The van der Waals surface area contributed by atoms with Crippen LogP contribution in [0.4, 0.5) is 10.1 Å². The molecule has 8 heteroatoms. The van der Waals surface area contributed by atoms with Crippen molar-refractivity contribution in [3.05, 3.63) is 29.6 Å². The molecule has 2 aliphatic rings. The third-order valence-corrected chi connectivity index (χ3v) is 4.57. The highest BCUT2D eigenvalue weighted by atomic mass is 35.5. The van der Waals surface area contributed by atoms with E-state index >= 15 is 0 Å². The number of hydrogen-bond donors (Lipinski definition) is 2. The molecule has 2 fully saturated rings. The van der Waals surface area contributed by atoms with Gasteiger partial charge in [0.15, 0.2) is 0 Å². The van der Waals surface area contributed by atoms with Crippen LogP contribution in [0.5, 0.6) is 0 Å². The standard InChI is InChI=1S/C17H18FN5O.ClH/c18-14-6-11(8-19)3-4-15(14)22-12-7-16(21-10-12)17(24)23-5-1-2-13(23)9-20;/h3-4,6,12-13,16,21-22H,1-2,5,7,10H2;1H/t12-,13-,16-;/m0./s1. The van der Waals surface area contributed by atoms with Crippen molar-refractivity contribution in [1.29, 1.82) is 10.5 Å². The molecular formula is C17H19ClFN5O. The minimum Gasteiger partial charge on any atom is -0.379 e. The Labute approximate surface area is 152 Å². The normalized spacial score (nSPS) is 24.9. The average molecular weight is 364 g/mol. The lowest BCUT2D eigenvalue weighted by atomic mass is 10.1. The van der Waals surface area contributed by atoms with Gasteiger partial charge in [0.2, 0.25) is 5.91 Å². The van der Waals surface area contributed by atoms with Crippen LogP contribution in [0.3, 0.4) is 0 Å². The van der Waals surface area contributed by atoms with Crippen LogP contribution in [0.1, 0.15) is 24.8 Å². The molecule has 0 saturated carbocycles. The third kappa shape index (κ3) is 4.01. The first kappa shape index (κ1) is 19.0. The number of nitrogens with zero attached hydrogens (tertiary/aromatic N) is 3. The summed E-state index contributed by atoms with van der Waals surface area (Å²) in [5.74, 6) is -0.531. The molecule has 0 aromatic heterocycles. The molecule has 0 aliphatic carbocycles. The van der Waals surface area contributed by atoms with Crippen LogP contribution in [0.25, 0.3) is 0 Å². The first-order valence-corrected chi connectivity index (χ1v) is 8.02. The number of nitriles is 2. The molecule has 132 valence electrons. The fraction of sp³-hybridized carbons (Fsp3) is 0.471. The number of benzene rings is 1. The first-order chi connectivity index (χ1) is 11.6. The predicted octanol–water partition coefficient (Wildman–Crippen LogP) is 1.78. The highest BCUT2D eigenvalue weighted by molar-refractivity contribution is 5.85. The zero-order valence-electron chi connectivity index (χ0n) is 13.5. The van der Waals surface area contributed by atoms with Crippen LogP contribution >= 0.6 is 12.4 Å². The first-order valence-electron chi connectivity index (χ1n) is 8.02. The summed E-state index contributed by atoms with van der Waals surface area (Å²) in [6, 6.07) is 7.59. The third-order valence-electron chi connectivity index (χ3n) is 4.57. The monoisotopic (exact) mass is 363 g/mol. The molecule has 3 rings (SSSR count). The van der Waals surface area contributed by atoms with Crippen molar-refractivity contribution < 1.29 is 9.18 Å². The second-order valence-electron chi connectivity index (χ2n) is 6.16. The topological polar surface area (TPSA) is 91.9 Å². The fourth-order valence-electron chi connectivity index (χ4n) is 3.32. The Bertz CT molecular complexity index is 729. The van der Waals surface area contributed by atoms with Crippen LogP contribution in [0, 0.1) is 28.5 Å². The Morgan fingerprint density at radius 1 is 1.40 bits per heavy atom. The number of hydrogen-bond acceptors (Lipinski definition) is 5. The molecule has 6 nitrogen and oxygen atoms in total. The van der Waals surface area contributed by atoms with E-state index in [0.717, 1.165) is 12.8 Å². The van der Waals surface area contributed by atoms with E-state index in [9.17, 15) is 9.18 Å². The van der Waals surface area contributed by atoms with Crippen molar-refractivity contribution in [2.24, 2.45) is 0 Å². The van der Waals surface area contributed by atoms with Gasteiger partial charge in [-0.2, -0.15) is 10.5 Å². The Morgan fingerprint density at radius 2 is 2.20 bits per heavy atom. The van der Waals surface area contributed by atoms with Gasteiger partial charge in [0, 0.05) is 19.1 Å². The van der Waals surface area contributed by atoms with Gasteiger partial charge >= 0.3 is 0 Å². The minimum atomic E-state index is -0.479. The zero-order chi connectivity index (χ0) is 17.1. The number of rotatable bonds is 3. The number of carbonyl (C=O) groups is 1. The number of anilines is 1. The SMILES string of the molecule is Cl.N#Cc1ccc(N[C@@H]2CN[C@H](C(=O)N3CCC[C@H]3C#N)C2)c(F)c1. The molecule has 25 heavy (non-hydrogen) atoms. The van der Waals surface area contributed by atoms with E-state index in [1.54, 1.807) is 11.0 Å². The van der Waals surface area contributed by atoms with Gasteiger partial charge in [-0.05, 0) is 37.5 Å². The molecule has 1 aromatic rings. The number of likely N-dealkylation sites (tertiary alicyclic amines) is 1. The number of halogens is 2. The van der Waals surface area contributed by atoms with Crippen LogP contribution < -0.4 is 10.6 Å². The maximum Gasteiger partial charge on any atom is 0.240 e. The highest BCUT2D eigenvalue weighted by Crippen LogP contribution is 2.23. The molecule has 0 spiro atoms. The molecule has 0 unspecified atom stereocenters. The minimum absolute atomic E-state index is 0. The van der Waals surface area contributed by atoms with E-state index in [1.165, 1.54) is 12.1 Å². The maximum atomic E-state index is 13.9. The summed E-state index contributed by atoms with van der Waals surface area (Å²) in [4.78, 5) is 14.2. The Kier molecular flexibility index (Phi) is 6.19. The largest absolute Gasteiger partial charge is 0.379 e. The molecule has 0 radical (unpaired) electrons. The second kappa shape index (κ2) is 8.15. The van der Waals surface area contributed by atoms with E-state index in [1.807, 2.05) is 6.07 Å². The van der Waals surface area contributed by atoms with Crippen LogP contribution in [0.15, 0.2) is 18.2 Å². The molecule has 3 atom stereocenters. The van der Waals surface area contributed by atoms with Crippen molar-refractivity contribution in [3.8, 4) is 12.1 Å². The van der Waals surface area contributed by atoms with E-state index in [-0.39, 0.29) is 42.0 Å². The van der Waals surface area contributed by atoms with E-state index in [0.29, 0.717) is 25.2 Å². The van der Waals surface area contributed by atoms with Gasteiger partial charge in [0.25, 0.3) is 0 Å². The van der Waals surface area contributed by atoms with Gasteiger partial charge in [-0.15, -0.1) is 12.4 Å². The lowest BCUT2D eigenvalue weighted by Crippen LogP contribution is -2.45. The van der Waals surface area contributed by atoms with Crippen molar-refractivity contribution in [2.75, 3.05) is 18.4 Å². The number of nitrogens with one attached hydrogen (secondary N) is 2. The molecule has 1 aromatic carbocycles. The summed E-state index contributed by atoms with van der Waals surface area (Å²) in [6.45, 7) is 1.17. The van der Waals surface area contributed by atoms with E-state index in [2.05, 4.69) is 16.7 Å². The van der Waals surface area contributed by atoms with Crippen LogP contribution in [0.2, 0.25) is 0 Å². The summed E-state index contributed by atoms with van der Waals surface area (Å²) in [7, 11) is 0. The number of carbonyl (C=O) groups excluding carboxylic acids is 1. The predicted molar refractivity (Wildman–Crippen MR) is 92.5 cm³/mol. The van der Waals surface area contributed by atoms with Gasteiger partial charge in [-0.3, -0.25) is 4.79 Å². The van der Waals surface area contributed by atoms with Crippen LogP contribution in [-0.4, -0.2) is 42.0 Å². The molecule has 2 N–H and O–H groups in total. The molecule has 1 amide bonds. The summed E-state index contributed by atoms with van der Waals surface area (Å²) in [5.41, 5.74) is 0.595. The van der Waals surface area contributed by atoms with Gasteiger partial charge in [0.05, 0.1) is 29.4 Å². The summed E-state index contributed by atoms with van der Waals surface area (Å²) in [6.07, 6.45) is 2.12. The van der Waals surface area contributed by atoms with Gasteiger partial charge in [-0.25, -0.2) is 4.39 Å². The lowest BCUT2D eigenvalue weighted by Gasteiger charge is -2.23. The van der Waals surface area contributed by atoms with Crippen LogP contribution in [-0.2, 0) is 4.79 Å². The Morgan fingerprint density at radius 3 is 2.88 bits per heavy atom. The Balaban J connectivity index is 0.00000225. The lowest BCUT2D eigenvalue weighted by molar-refractivity contribution is -0.133. The average Bonchev–Trinajstić information content (AvgIpc) is 3.25. The molecule has 0 bridgehead atoms. The van der Waals surface area contributed by atoms with E-state index < -0.39 is 5.82 Å². The van der Waals surface area contributed by atoms with Gasteiger partial charge in [0.1, 0.15) is 11.9 Å². The highest BCUT2D eigenvalue weighted by Gasteiger charge is 2.37.